The van der Waals surface area contributed by atoms with Crippen molar-refractivity contribution in [1.82, 2.24) is 18.7 Å². The Bertz CT molecular complexity index is 975. The number of aryl methyl sites for hydroxylation is 1. The minimum atomic E-state index is -0.366. The molecule has 0 spiro atoms. The number of hydrogen-bond donors (Lipinski definition) is 0. The lowest BCUT2D eigenvalue weighted by Gasteiger charge is -2.28. The van der Waals surface area contributed by atoms with Gasteiger partial charge < -0.3 is 0 Å². The Morgan fingerprint density at radius 3 is 2.62 bits per heavy atom. The van der Waals surface area contributed by atoms with Crippen molar-refractivity contribution in [1.29, 1.82) is 0 Å². The van der Waals surface area contributed by atoms with Gasteiger partial charge in [-0.25, -0.2) is 9.80 Å². The van der Waals surface area contributed by atoms with Crippen molar-refractivity contribution < 1.29 is 0 Å². The van der Waals surface area contributed by atoms with Gasteiger partial charge in [0, 0.05) is 20.1 Å². The van der Waals surface area contributed by atoms with E-state index in [1.54, 1.807) is 18.1 Å². The van der Waals surface area contributed by atoms with Crippen LogP contribution in [-0.4, -0.2) is 30.9 Å². The van der Waals surface area contributed by atoms with Crippen LogP contribution in [0.5, 0.6) is 0 Å². The fraction of sp³-hybridized carbons (Fsp3) is 0.500. The van der Waals surface area contributed by atoms with Crippen LogP contribution in [0.25, 0.3) is 11.2 Å². The van der Waals surface area contributed by atoms with Crippen molar-refractivity contribution in [2.24, 2.45) is 12.1 Å². The zero-order chi connectivity index (χ0) is 17.6. The Balaban J connectivity index is 2.42. The molecule has 2 aromatic heterocycles. The second-order valence-corrected chi connectivity index (χ2v) is 5.91. The molecule has 3 heterocycles. The van der Waals surface area contributed by atoms with Crippen LogP contribution >= 0.6 is 0 Å². The molecular weight excluding hydrogens is 308 g/mol. The van der Waals surface area contributed by atoms with Crippen molar-refractivity contribution in [3.63, 3.8) is 0 Å². The van der Waals surface area contributed by atoms with E-state index >= 15 is 0 Å². The maximum atomic E-state index is 13.0. The van der Waals surface area contributed by atoms with Crippen LogP contribution in [0, 0.1) is 0 Å². The molecule has 1 unspecified atom stereocenters. The van der Waals surface area contributed by atoms with E-state index in [9.17, 15) is 9.59 Å². The Hall–Kier alpha value is -2.64. The van der Waals surface area contributed by atoms with Gasteiger partial charge in [-0.05, 0) is 27.7 Å². The van der Waals surface area contributed by atoms with E-state index in [0.29, 0.717) is 23.7 Å². The second kappa shape index (κ2) is 5.77. The van der Waals surface area contributed by atoms with Gasteiger partial charge in [0.25, 0.3) is 5.56 Å². The highest BCUT2D eigenvalue weighted by atomic mass is 16.2. The maximum absolute atomic E-state index is 13.0. The summed E-state index contributed by atoms with van der Waals surface area (Å²) in [7, 11) is 1.64. The largest absolute Gasteiger partial charge is 0.332 e. The average molecular weight is 330 g/mol. The van der Waals surface area contributed by atoms with Gasteiger partial charge in [0.05, 0.1) is 11.8 Å². The monoisotopic (exact) mass is 330 g/mol. The van der Waals surface area contributed by atoms with Gasteiger partial charge >= 0.3 is 5.69 Å². The van der Waals surface area contributed by atoms with Crippen molar-refractivity contribution in [3.05, 3.63) is 33.0 Å². The number of hydrazone groups is 1. The lowest BCUT2D eigenvalue weighted by atomic mass is 10.2. The summed E-state index contributed by atoms with van der Waals surface area (Å²) in [6.07, 6.45) is 3.61. The molecule has 0 saturated heterocycles. The van der Waals surface area contributed by atoms with Crippen LogP contribution in [0.2, 0.25) is 0 Å². The number of rotatable bonds is 3. The third kappa shape index (κ3) is 2.13. The number of imidazole rings is 1. The zero-order valence-corrected chi connectivity index (χ0v) is 14.6. The molecule has 1 aliphatic heterocycles. The first-order valence-electron chi connectivity index (χ1n) is 8.07. The van der Waals surface area contributed by atoms with E-state index in [-0.39, 0.29) is 23.8 Å². The predicted molar refractivity (Wildman–Crippen MR) is 94.9 cm³/mol. The maximum Gasteiger partial charge on any atom is 0.332 e. The van der Waals surface area contributed by atoms with Crippen LogP contribution in [0.15, 0.2) is 26.8 Å². The van der Waals surface area contributed by atoms with Crippen LogP contribution in [0.4, 0.5) is 5.95 Å². The summed E-state index contributed by atoms with van der Waals surface area (Å²) in [5.41, 5.74) is 1.05. The van der Waals surface area contributed by atoms with Gasteiger partial charge in [0.1, 0.15) is 0 Å². The van der Waals surface area contributed by atoms with Crippen molar-refractivity contribution in [2.75, 3.05) is 11.6 Å². The molecule has 0 saturated carbocycles. The lowest BCUT2D eigenvalue weighted by Crippen LogP contribution is -2.40. The summed E-state index contributed by atoms with van der Waals surface area (Å²) in [5.74, 6) is 0.599. The minimum absolute atomic E-state index is 0.0897. The van der Waals surface area contributed by atoms with Crippen LogP contribution < -0.4 is 16.3 Å². The van der Waals surface area contributed by atoms with E-state index < -0.39 is 0 Å². The van der Waals surface area contributed by atoms with E-state index in [4.69, 9.17) is 0 Å². The third-order valence-electron chi connectivity index (χ3n) is 4.48. The molecule has 2 aromatic rings. The van der Waals surface area contributed by atoms with Crippen LogP contribution in [0.3, 0.4) is 0 Å². The summed E-state index contributed by atoms with van der Waals surface area (Å²) >= 11 is 0. The standard InChI is InChI=1S/C16H22N6O2/c1-6-8-9-20-14(23)12-13(19(5)16(20)24)17-15-21(7-2)18-10(3)11(4)22(12)15/h6,8,11H,7,9H2,1-5H3/b8-6+. The van der Waals surface area contributed by atoms with Gasteiger partial charge in [0.2, 0.25) is 5.95 Å². The van der Waals surface area contributed by atoms with E-state index in [0.717, 1.165) is 5.71 Å². The summed E-state index contributed by atoms with van der Waals surface area (Å²) in [5, 5.41) is 6.29. The number of nitrogens with zero attached hydrogens (tertiary/aromatic N) is 6. The molecule has 0 fully saturated rings. The molecule has 0 aromatic carbocycles. The summed E-state index contributed by atoms with van der Waals surface area (Å²) in [6, 6.07) is -0.0897. The average Bonchev–Trinajstić information content (AvgIpc) is 2.97. The zero-order valence-electron chi connectivity index (χ0n) is 14.6. The molecule has 0 bridgehead atoms. The Labute approximate surface area is 139 Å². The van der Waals surface area contributed by atoms with Crippen LogP contribution in [0.1, 0.15) is 33.7 Å². The van der Waals surface area contributed by atoms with Crippen molar-refractivity contribution in [3.8, 4) is 0 Å². The van der Waals surface area contributed by atoms with E-state index in [1.165, 1.54) is 9.13 Å². The third-order valence-corrected chi connectivity index (χ3v) is 4.48. The molecule has 128 valence electrons. The fourth-order valence-corrected chi connectivity index (χ4v) is 2.97. The smallest absolute Gasteiger partial charge is 0.294 e. The molecule has 0 aliphatic carbocycles. The molecule has 24 heavy (non-hydrogen) atoms. The number of hydrogen-bond acceptors (Lipinski definition) is 5. The number of anilines is 1. The highest BCUT2D eigenvalue weighted by Gasteiger charge is 2.29. The van der Waals surface area contributed by atoms with Gasteiger partial charge in [-0.2, -0.15) is 10.1 Å². The number of allylic oxidation sites excluding steroid dienone is 2. The number of aromatic nitrogens is 4. The summed E-state index contributed by atoms with van der Waals surface area (Å²) in [4.78, 5) is 30.1. The Morgan fingerprint density at radius 1 is 1.29 bits per heavy atom. The fourth-order valence-electron chi connectivity index (χ4n) is 2.97. The first kappa shape index (κ1) is 16.2. The van der Waals surface area contributed by atoms with Gasteiger partial charge in [-0.15, -0.1) is 0 Å². The van der Waals surface area contributed by atoms with E-state index in [1.807, 2.05) is 38.3 Å². The molecule has 0 radical (unpaired) electrons. The van der Waals surface area contributed by atoms with Gasteiger partial charge in [0.15, 0.2) is 11.2 Å². The molecule has 8 heteroatoms. The molecule has 1 atom stereocenters. The predicted octanol–water partition coefficient (Wildman–Crippen LogP) is 1.25. The molecule has 3 rings (SSSR count). The quantitative estimate of drug-likeness (QED) is 0.794. The number of fused-ring (bicyclic) bond motifs is 3. The SMILES string of the molecule is C/C=C/Cn1c(=O)c2c(nc3n2C(C)C(C)=NN3CC)n(C)c1=O. The lowest BCUT2D eigenvalue weighted by molar-refractivity contribution is 0.634. The molecular formula is C16H22N6O2. The van der Waals surface area contributed by atoms with E-state index in [2.05, 4.69) is 10.1 Å². The van der Waals surface area contributed by atoms with Gasteiger partial charge in [-0.3, -0.25) is 18.5 Å². The molecule has 0 N–H and O–H groups in total. The van der Waals surface area contributed by atoms with Crippen LogP contribution in [-0.2, 0) is 13.6 Å². The normalized spacial score (nSPS) is 17.6. The molecule has 1 aliphatic rings. The van der Waals surface area contributed by atoms with Gasteiger partial charge in [-0.1, -0.05) is 12.2 Å². The Kier molecular flexibility index (Phi) is 3.90. The van der Waals surface area contributed by atoms with Crippen molar-refractivity contribution in [2.45, 2.75) is 40.3 Å². The topological polar surface area (TPSA) is 77.4 Å². The summed E-state index contributed by atoms with van der Waals surface area (Å²) in [6.45, 7) is 8.63. The highest BCUT2D eigenvalue weighted by Crippen LogP contribution is 2.29. The molecule has 8 nitrogen and oxygen atoms in total. The Morgan fingerprint density at radius 2 is 2.00 bits per heavy atom. The molecule has 0 amide bonds. The first-order valence-corrected chi connectivity index (χ1v) is 8.07. The first-order chi connectivity index (χ1) is 11.4. The second-order valence-electron chi connectivity index (χ2n) is 5.91. The van der Waals surface area contributed by atoms with Crippen molar-refractivity contribution >= 4 is 22.8 Å². The summed E-state index contributed by atoms with van der Waals surface area (Å²) < 4.78 is 4.55. The minimum Gasteiger partial charge on any atom is -0.294 e. The highest BCUT2D eigenvalue weighted by molar-refractivity contribution is 5.90.